The van der Waals surface area contributed by atoms with E-state index < -0.39 is 12.7 Å². The topological polar surface area (TPSA) is 86.1 Å². The van der Waals surface area contributed by atoms with Gasteiger partial charge in [-0.3, -0.25) is 4.90 Å². The number of amides is 1. The Hall–Kier alpha value is -1.80. The predicted octanol–water partition coefficient (Wildman–Crippen LogP) is -0.0406. The van der Waals surface area contributed by atoms with Gasteiger partial charge in [0.2, 0.25) is 0 Å². The zero-order chi connectivity index (χ0) is 16.8. The molecule has 0 spiro atoms. The fourth-order valence-electron chi connectivity index (χ4n) is 3.17. The Bertz CT molecular complexity index is 593. The number of carbonyl (C=O) groups excluding carboxylic acids is 1. The van der Waals surface area contributed by atoms with Crippen LogP contribution in [0, 0.1) is 0 Å². The van der Waals surface area contributed by atoms with Crippen LogP contribution in [-0.2, 0) is 4.74 Å². The minimum absolute atomic E-state index is 0.119. The van der Waals surface area contributed by atoms with E-state index in [-0.39, 0.29) is 23.8 Å². The van der Waals surface area contributed by atoms with E-state index in [1.165, 1.54) is 0 Å². The zero-order valence-corrected chi connectivity index (χ0v) is 13.6. The molecule has 0 aliphatic carbocycles. The van der Waals surface area contributed by atoms with Gasteiger partial charge in [-0.25, -0.2) is 9.78 Å². The van der Waals surface area contributed by atoms with E-state index >= 15 is 0 Å². The Kier molecular flexibility index (Phi) is 3.97. The van der Waals surface area contributed by atoms with Gasteiger partial charge in [-0.15, -0.1) is 0 Å². The number of anilines is 1. The van der Waals surface area contributed by atoms with Crippen molar-refractivity contribution in [1.29, 1.82) is 0 Å². The van der Waals surface area contributed by atoms with E-state index in [1.807, 2.05) is 31.7 Å². The smallest absolute Gasteiger partial charge is 0.444 e. The molecular formula is C15H22BN3O4. The summed E-state index contributed by atoms with van der Waals surface area (Å²) in [5.41, 5.74) is -0.265. The second-order valence-electron chi connectivity index (χ2n) is 7.13. The van der Waals surface area contributed by atoms with Crippen molar-refractivity contribution in [2.45, 2.75) is 44.9 Å². The molecule has 0 aromatic carbocycles. The molecule has 7 nitrogen and oxygen atoms in total. The van der Waals surface area contributed by atoms with Gasteiger partial charge in [-0.05, 0) is 39.3 Å². The van der Waals surface area contributed by atoms with Crippen LogP contribution in [-0.4, -0.2) is 63.9 Å². The molecule has 2 atom stereocenters. The van der Waals surface area contributed by atoms with Crippen LogP contribution in [0.4, 0.5) is 10.6 Å². The van der Waals surface area contributed by atoms with Crippen molar-refractivity contribution in [1.82, 2.24) is 9.88 Å². The highest BCUT2D eigenvalue weighted by Crippen LogP contribution is 2.35. The maximum absolute atomic E-state index is 12.2. The molecule has 2 unspecified atom stereocenters. The van der Waals surface area contributed by atoms with Crippen molar-refractivity contribution < 1.29 is 19.6 Å². The molecular weight excluding hydrogens is 297 g/mol. The molecule has 4 rings (SSSR count). The summed E-state index contributed by atoms with van der Waals surface area (Å²) in [7, 11) is -1.58. The van der Waals surface area contributed by atoms with Crippen LogP contribution < -0.4 is 10.5 Å². The average Bonchev–Trinajstić information content (AvgIpc) is 2.45. The quantitative estimate of drug-likeness (QED) is 0.744. The second kappa shape index (κ2) is 5.69. The number of nitrogens with zero attached hydrogens (tertiary/aromatic N) is 3. The first-order valence-corrected chi connectivity index (χ1v) is 7.84. The van der Waals surface area contributed by atoms with E-state index in [1.54, 1.807) is 12.1 Å². The van der Waals surface area contributed by atoms with Gasteiger partial charge in [0.05, 0.1) is 17.7 Å². The number of fused-ring (bicyclic) bond motifs is 2. The summed E-state index contributed by atoms with van der Waals surface area (Å²) < 4.78 is 5.46. The predicted molar refractivity (Wildman–Crippen MR) is 86.5 cm³/mol. The highest BCUT2D eigenvalue weighted by molar-refractivity contribution is 6.57. The molecule has 3 fully saturated rings. The van der Waals surface area contributed by atoms with E-state index in [2.05, 4.69) is 9.88 Å². The third kappa shape index (κ3) is 3.28. The van der Waals surface area contributed by atoms with Crippen LogP contribution in [0.25, 0.3) is 0 Å². The fourth-order valence-corrected chi connectivity index (χ4v) is 3.17. The molecule has 0 radical (unpaired) electrons. The third-order valence-corrected chi connectivity index (χ3v) is 4.14. The van der Waals surface area contributed by atoms with E-state index in [0.29, 0.717) is 18.9 Å². The Morgan fingerprint density at radius 3 is 2.52 bits per heavy atom. The monoisotopic (exact) mass is 319 g/mol. The number of piperazine rings is 1. The van der Waals surface area contributed by atoms with Gasteiger partial charge in [-0.2, -0.15) is 0 Å². The fraction of sp³-hybridized carbons (Fsp3) is 0.600. The molecule has 8 heteroatoms. The molecule has 124 valence electrons. The van der Waals surface area contributed by atoms with Gasteiger partial charge in [-0.1, -0.05) is 6.07 Å². The Morgan fingerprint density at radius 1 is 1.30 bits per heavy atom. The van der Waals surface area contributed by atoms with E-state index in [0.717, 1.165) is 6.42 Å². The summed E-state index contributed by atoms with van der Waals surface area (Å²) in [6.45, 7) is 6.94. The van der Waals surface area contributed by atoms with Crippen LogP contribution in [0.1, 0.15) is 27.2 Å². The minimum Gasteiger partial charge on any atom is -0.444 e. The molecule has 2 bridgehead atoms. The highest BCUT2D eigenvalue weighted by atomic mass is 16.6. The summed E-state index contributed by atoms with van der Waals surface area (Å²) in [4.78, 5) is 20.4. The summed E-state index contributed by atoms with van der Waals surface area (Å²) in [5.74, 6) is 0.703. The molecule has 3 saturated heterocycles. The summed E-state index contributed by atoms with van der Waals surface area (Å²) in [6.07, 6.45) is 0.712. The Labute approximate surface area is 136 Å². The number of hydrogen-bond acceptors (Lipinski definition) is 6. The normalized spacial score (nSPS) is 23.3. The minimum atomic E-state index is -1.58. The van der Waals surface area contributed by atoms with E-state index in [4.69, 9.17) is 4.74 Å². The van der Waals surface area contributed by atoms with E-state index in [9.17, 15) is 14.8 Å². The van der Waals surface area contributed by atoms with Gasteiger partial charge < -0.3 is 19.7 Å². The highest BCUT2D eigenvalue weighted by Gasteiger charge is 2.49. The lowest BCUT2D eigenvalue weighted by atomic mass is 9.85. The van der Waals surface area contributed by atoms with Crippen LogP contribution in [0.3, 0.4) is 0 Å². The van der Waals surface area contributed by atoms with Crippen molar-refractivity contribution >= 4 is 24.6 Å². The number of pyridine rings is 1. The molecule has 1 amide bonds. The largest absolute Gasteiger partial charge is 0.508 e. The summed E-state index contributed by atoms with van der Waals surface area (Å²) in [5, 5.41) is 18.5. The lowest BCUT2D eigenvalue weighted by Crippen LogP contribution is -2.70. The second-order valence-corrected chi connectivity index (χ2v) is 7.13. The van der Waals surface area contributed by atoms with Crippen molar-refractivity contribution in [3.05, 3.63) is 18.2 Å². The Balaban J connectivity index is 1.67. The number of rotatable bonds is 2. The standard InChI is InChI=1S/C15H22BN3O4/c1-15(2,3)23-14(20)19-10-7-11(19)9-18(8-10)13-6-4-5-12(17-13)16(21)22/h4-6,10-11,21-22H,7-9H2,1-3H3. The Morgan fingerprint density at radius 2 is 1.96 bits per heavy atom. The van der Waals surface area contributed by atoms with Gasteiger partial charge >= 0.3 is 13.2 Å². The lowest BCUT2D eigenvalue weighted by molar-refractivity contribution is -0.0380. The van der Waals surface area contributed by atoms with Crippen LogP contribution in [0.5, 0.6) is 0 Å². The molecule has 2 N–H and O–H groups in total. The first-order valence-electron chi connectivity index (χ1n) is 7.84. The lowest BCUT2D eigenvalue weighted by Gasteiger charge is -2.56. The van der Waals surface area contributed by atoms with Crippen LogP contribution in [0.2, 0.25) is 0 Å². The van der Waals surface area contributed by atoms with Crippen molar-refractivity contribution in [3.8, 4) is 0 Å². The number of piperidine rings is 1. The SMILES string of the molecule is CC(C)(C)OC(=O)N1C2CC1CN(c1cccc(B(O)O)n1)C2. The maximum atomic E-state index is 12.2. The third-order valence-electron chi connectivity index (χ3n) is 4.14. The number of hydrogen-bond donors (Lipinski definition) is 2. The molecule has 23 heavy (non-hydrogen) atoms. The maximum Gasteiger partial charge on any atom is 0.508 e. The summed E-state index contributed by atoms with van der Waals surface area (Å²) >= 11 is 0. The van der Waals surface area contributed by atoms with Crippen molar-refractivity contribution in [3.63, 3.8) is 0 Å². The summed E-state index contributed by atoms with van der Waals surface area (Å²) in [6, 6.07) is 5.41. The molecule has 3 aliphatic heterocycles. The molecule has 1 aromatic rings. The molecule has 1 aromatic heterocycles. The average molecular weight is 319 g/mol. The van der Waals surface area contributed by atoms with Gasteiger partial charge in [0.15, 0.2) is 0 Å². The first kappa shape index (κ1) is 16.1. The van der Waals surface area contributed by atoms with Crippen LogP contribution in [0.15, 0.2) is 18.2 Å². The van der Waals surface area contributed by atoms with Crippen molar-refractivity contribution in [2.24, 2.45) is 0 Å². The first-order chi connectivity index (χ1) is 10.7. The number of ether oxygens (including phenoxy) is 1. The van der Waals surface area contributed by atoms with Gasteiger partial charge in [0.25, 0.3) is 0 Å². The number of carbonyl (C=O) groups is 1. The van der Waals surface area contributed by atoms with Gasteiger partial charge in [0, 0.05) is 13.1 Å². The molecule has 4 heterocycles. The van der Waals surface area contributed by atoms with Crippen molar-refractivity contribution in [2.75, 3.05) is 18.0 Å². The van der Waals surface area contributed by atoms with Crippen LogP contribution >= 0.6 is 0 Å². The zero-order valence-electron chi connectivity index (χ0n) is 13.6. The number of aromatic nitrogens is 1. The molecule has 3 aliphatic rings. The van der Waals surface area contributed by atoms with Gasteiger partial charge in [0.1, 0.15) is 11.4 Å². The molecule has 0 saturated carbocycles.